The van der Waals surface area contributed by atoms with Crippen LogP contribution >= 0.6 is 11.8 Å². The molecule has 92 valence electrons. The van der Waals surface area contributed by atoms with Gasteiger partial charge in [0, 0.05) is 0 Å². The van der Waals surface area contributed by atoms with E-state index in [1.165, 1.54) is 17.3 Å². The number of aromatic nitrogens is 2. The molecule has 1 aromatic heterocycles. The van der Waals surface area contributed by atoms with Crippen molar-refractivity contribution in [2.45, 2.75) is 18.9 Å². The molecule has 0 bridgehead atoms. The summed E-state index contributed by atoms with van der Waals surface area (Å²) in [5.41, 5.74) is 9.62. The highest BCUT2D eigenvalue weighted by atomic mass is 32.2. The Morgan fingerprint density at radius 2 is 2.11 bits per heavy atom. The number of anilines is 1. The Morgan fingerprint density at radius 3 is 2.61 bits per heavy atom. The largest absolute Gasteiger partial charge is 0.382 e. The molecule has 0 fully saturated rings. The van der Waals surface area contributed by atoms with E-state index in [0.717, 1.165) is 11.3 Å². The Labute approximate surface area is 110 Å². The first-order valence-electron chi connectivity index (χ1n) is 5.48. The molecule has 5 heteroatoms. The van der Waals surface area contributed by atoms with Gasteiger partial charge in [-0.15, -0.1) is 11.8 Å². The molecular formula is C13H14N4S. The van der Waals surface area contributed by atoms with E-state index >= 15 is 0 Å². The second-order valence-corrected chi connectivity index (χ2v) is 4.88. The highest BCUT2D eigenvalue weighted by molar-refractivity contribution is 7.98. The smallest absolute Gasteiger partial charge is 0.146 e. The van der Waals surface area contributed by atoms with Crippen LogP contribution in [-0.4, -0.2) is 16.0 Å². The molecular weight excluding hydrogens is 244 g/mol. The number of benzene rings is 1. The normalized spacial score (nSPS) is 10.3. The molecule has 2 rings (SSSR count). The lowest BCUT2D eigenvalue weighted by molar-refractivity contribution is 0.839. The van der Waals surface area contributed by atoms with Gasteiger partial charge in [-0.3, -0.25) is 0 Å². The standard InChI is InChI=1S/C13H14N4S/c1-8-4-5-11(9(2)6-8)17-12(15)10(7-14)13(16-17)18-3/h4-6H,15H2,1-3H3. The molecule has 0 saturated heterocycles. The highest BCUT2D eigenvalue weighted by Crippen LogP contribution is 2.27. The van der Waals surface area contributed by atoms with Crippen LogP contribution in [0, 0.1) is 25.2 Å². The first-order valence-corrected chi connectivity index (χ1v) is 6.71. The van der Waals surface area contributed by atoms with Crippen LogP contribution in [0.15, 0.2) is 23.2 Å². The zero-order valence-corrected chi connectivity index (χ0v) is 11.4. The van der Waals surface area contributed by atoms with Gasteiger partial charge < -0.3 is 5.73 Å². The third-order valence-electron chi connectivity index (χ3n) is 2.77. The molecule has 4 nitrogen and oxygen atoms in total. The molecule has 0 saturated carbocycles. The second-order valence-electron chi connectivity index (χ2n) is 4.08. The van der Waals surface area contributed by atoms with Crippen LogP contribution in [-0.2, 0) is 0 Å². The van der Waals surface area contributed by atoms with Gasteiger partial charge in [0.2, 0.25) is 0 Å². The first kappa shape index (κ1) is 12.5. The number of nitrogens with two attached hydrogens (primary N) is 1. The molecule has 2 N–H and O–H groups in total. The maximum Gasteiger partial charge on any atom is 0.146 e. The van der Waals surface area contributed by atoms with Crippen molar-refractivity contribution in [1.82, 2.24) is 9.78 Å². The first-order chi connectivity index (χ1) is 8.58. The predicted molar refractivity (Wildman–Crippen MR) is 73.9 cm³/mol. The number of aryl methyl sites for hydroxylation is 2. The van der Waals surface area contributed by atoms with Gasteiger partial charge in [0.15, 0.2) is 0 Å². The Balaban J connectivity index is 2.65. The molecule has 1 heterocycles. The van der Waals surface area contributed by atoms with Crippen molar-refractivity contribution >= 4 is 17.6 Å². The van der Waals surface area contributed by atoms with E-state index in [1.807, 2.05) is 32.2 Å². The Kier molecular flexibility index (Phi) is 3.30. The van der Waals surface area contributed by atoms with Crippen LogP contribution in [0.4, 0.5) is 5.82 Å². The summed E-state index contributed by atoms with van der Waals surface area (Å²) in [6.07, 6.45) is 1.88. The summed E-state index contributed by atoms with van der Waals surface area (Å²) in [7, 11) is 0. The molecule has 0 aliphatic carbocycles. The predicted octanol–water partition coefficient (Wildman–Crippen LogP) is 2.66. The van der Waals surface area contributed by atoms with E-state index in [9.17, 15) is 0 Å². The Hall–Kier alpha value is -1.93. The number of nitriles is 1. The summed E-state index contributed by atoms with van der Waals surface area (Å²) in [5.74, 6) is 0.397. The molecule has 0 unspecified atom stereocenters. The van der Waals surface area contributed by atoms with Gasteiger partial charge in [-0.05, 0) is 31.7 Å². The summed E-state index contributed by atoms with van der Waals surface area (Å²) in [6, 6.07) is 8.16. The summed E-state index contributed by atoms with van der Waals surface area (Å²) in [5, 5.41) is 14.2. The van der Waals surface area contributed by atoms with Gasteiger partial charge in [0.25, 0.3) is 0 Å². The van der Waals surface area contributed by atoms with Crippen molar-refractivity contribution in [3.8, 4) is 11.8 Å². The summed E-state index contributed by atoms with van der Waals surface area (Å²) >= 11 is 1.42. The lowest BCUT2D eigenvalue weighted by atomic mass is 10.1. The van der Waals surface area contributed by atoms with Crippen LogP contribution < -0.4 is 5.73 Å². The highest BCUT2D eigenvalue weighted by Gasteiger charge is 2.16. The van der Waals surface area contributed by atoms with Gasteiger partial charge >= 0.3 is 0 Å². The lowest BCUT2D eigenvalue weighted by Gasteiger charge is -2.08. The van der Waals surface area contributed by atoms with Crippen molar-refractivity contribution in [2.75, 3.05) is 12.0 Å². The van der Waals surface area contributed by atoms with E-state index in [0.29, 0.717) is 16.4 Å². The summed E-state index contributed by atoms with van der Waals surface area (Å²) in [4.78, 5) is 0. The number of thioether (sulfide) groups is 1. The monoisotopic (exact) mass is 258 g/mol. The average molecular weight is 258 g/mol. The molecule has 18 heavy (non-hydrogen) atoms. The van der Waals surface area contributed by atoms with Crippen molar-refractivity contribution in [2.24, 2.45) is 0 Å². The van der Waals surface area contributed by atoms with Gasteiger partial charge in [0.05, 0.1) is 5.69 Å². The number of rotatable bonds is 2. The lowest BCUT2D eigenvalue weighted by Crippen LogP contribution is -2.04. The molecule has 0 aliphatic rings. The molecule has 0 radical (unpaired) electrons. The van der Waals surface area contributed by atoms with Crippen LogP contribution in [0.2, 0.25) is 0 Å². The minimum atomic E-state index is 0.397. The van der Waals surface area contributed by atoms with Crippen molar-refractivity contribution in [3.05, 3.63) is 34.9 Å². The van der Waals surface area contributed by atoms with E-state index in [2.05, 4.69) is 17.2 Å². The van der Waals surface area contributed by atoms with Crippen molar-refractivity contribution in [1.29, 1.82) is 5.26 Å². The number of nitrogen functional groups attached to an aromatic ring is 1. The van der Waals surface area contributed by atoms with Gasteiger partial charge in [-0.2, -0.15) is 10.4 Å². The topological polar surface area (TPSA) is 67.6 Å². The minimum absolute atomic E-state index is 0.397. The van der Waals surface area contributed by atoms with Crippen molar-refractivity contribution in [3.63, 3.8) is 0 Å². The van der Waals surface area contributed by atoms with E-state index in [1.54, 1.807) is 4.68 Å². The zero-order chi connectivity index (χ0) is 13.3. The fourth-order valence-corrected chi connectivity index (χ4v) is 2.40. The molecule has 0 aliphatic heterocycles. The van der Waals surface area contributed by atoms with Crippen LogP contribution in [0.1, 0.15) is 16.7 Å². The number of hydrogen-bond acceptors (Lipinski definition) is 4. The maximum absolute atomic E-state index is 9.11. The number of nitrogens with zero attached hydrogens (tertiary/aromatic N) is 3. The molecule has 0 spiro atoms. The summed E-state index contributed by atoms with van der Waals surface area (Å²) in [6.45, 7) is 4.05. The zero-order valence-electron chi connectivity index (χ0n) is 10.6. The van der Waals surface area contributed by atoms with Crippen LogP contribution in [0.5, 0.6) is 0 Å². The van der Waals surface area contributed by atoms with Crippen molar-refractivity contribution < 1.29 is 0 Å². The van der Waals surface area contributed by atoms with Crippen LogP contribution in [0.25, 0.3) is 5.69 Å². The van der Waals surface area contributed by atoms with E-state index < -0.39 is 0 Å². The fourth-order valence-electron chi connectivity index (χ4n) is 1.88. The molecule has 0 atom stereocenters. The third kappa shape index (κ3) is 1.95. The quantitative estimate of drug-likeness (QED) is 0.841. The minimum Gasteiger partial charge on any atom is -0.382 e. The Bertz CT molecular complexity index is 637. The molecule has 2 aromatic rings. The second kappa shape index (κ2) is 4.75. The summed E-state index contributed by atoms with van der Waals surface area (Å²) < 4.78 is 1.64. The van der Waals surface area contributed by atoms with E-state index in [-0.39, 0.29) is 0 Å². The number of hydrogen-bond donors (Lipinski definition) is 1. The van der Waals surface area contributed by atoms with Gasteiger partial charge in [-0.25, -0.2) is 4.68 Å². The maximum atomic E-state index is 9.11. The fraction of sp³-hybridized carbons (Fsp3) is 0.231. The van der Waals surface area contributed by atoms with Crippen LogP contribution in [0.3, 0.4) is 0 Å². The Morgan fingerprint density at radius 1 is 1.39 bits per heavy atom. The molecule has 0 amide bonds. The SMILES string of the molecule is CSc1nn(-c2ccc(C)cc2C)c(N)c1C#N. The van der Waals surface area contributed by atoms with Gasteiger partial charge in [0.1, 0.15) is 22.5 Å². The third-order valence-corrected chi connectivity index (χ3v) is 3.45. The molecule has 1 aromatic carbocycles. The van der Waals surface area contributed by atoms with Gasteiger partial charge in [-0.1, -0.05) is 17.7 Å². The average Bonchev–Trinajstić information content (AvgIpc) is 2.66. The van der Waals surface area contributed by atoms with E-state index in [4.69, 9.17) is 11.0 Å².